The molecule has 2 aromatic carbocycles. The molecule has 1 aliphatic heterocycles. The molecule has 1 N–H and O–H groups in total. The fourth-order valence-corrected chi connectivity index (χ4v) is 2.65. The molecule has 0 radical (unpaired) electrons. The average molecular weight is 335 g/mol. The second-order valence-electron chi connectivity index (χ2n) is 5.45. The van der Waals surface area contributed by atoms with Gasteiger partial charge in [-0.25, -0.2) is 0 Å². The number of anilines is 1. The molecule has 2 heterocycles. The smallest absolute Gasteiger partial charge is 0.231 e. The van der Waals surface area contributed by atoms with E-state index in [9.17, 15) is 0 Å². The molecule has 4 rings (SSSR count). The zero-order valence-corrected chi connectivity index (χ0v) is 13.7. The lowest BCUT2D eigenvalue weighted by Gasteiger charge is -2.07. The molecule has 0 fully saturated rings. The van der Waals surface area contributed by atoms with Crippen LogP contribution >= 0.6 is 0 Å². The number of hydrogen-bond donors (Lipinski definition) is 1. The van der Waals surface area contributed by atoms with E-state index in [1.165, 1.54) is 0 Å². The number of fused-ring (bicyclic) bond motifs is 2. The Morgan fingerprint density at radius 1 is 1.16 bits per heavy atom. The molecule has 25 heavy (non-hydrogen) atoms. The van der Waals surface area contributed by atoms with Gasteiger partial charge in [-0.05, 0) is 48.9 Å². The molecule has 6 heteroatoms. The van der Waals surface area contributed by atoms with E-state index in [2.05, 4.69) is 15.5 Å². The van der Waals surface area contributed by atoms with Gasteiger partial charge in [0.15, 0.2) is 11.5 Å². The maximum Gasteiger partial charge on any atom is 0.231 e. The molecule has 0 saturated carbocycles. The minimum atomic E-state index is 0.265. The fourth-order valence-electron chi connectivity index (χ4n) is 2.65. The van der Waals surface area contributed by atoms with Crippen molar-refractivity contribution in [3.05, 3.63) is 54.2 Å². The normalized spacial score (nSPS) is 12.7. The van der Waals surface area contributed by atoms with Gasteiger partial charge in [0.25, 0.3) is 0 Å². The van der Waals surface area contributed by atoms with Crippen LogP contribution in [0.1, 0.15) is 12.5 Å². The first-order valence-electron chi connectivity index (χ1n) is 8.04. The Balaban J connectivity index is 1.54. The van der Waals surface area contributed by atoms with Gasteiger partial charge in [0.2, 0.25) is 6.79 Å². The van der Waals surface area contributed by atoms with E-state index in [0.717, 1.165) is 39.4 Å². The minimum Gasteiger partial charge on any atom is -0.494 e. The number of aromatic nitrogens is 1. The van der Waals surface area contributed by atoms with Crippen LogP contribution in [0.2, 0.25) is 0 Å². The summed E-state index contributed by atoms with van der Waals surface area (Å²) in [6.45, 7) is 2.85. The third kappa shape index (κ3) is 3.19. The predicted octanol–water partition coefficient (Wildman–Crippen LogP) is 3.81. The van der Waals surface area contributed by atoms with Crippen molar-refractivity contribution in [3.8, 4) is 17.2 Å². The van der Waals surface area contributed by atoms with Crippen LogP contribution in [0.4, 0.5) is 5.69 Å². The van der Waals surface area contributed by atoms with Crippen molar-refractivity contribution < 1.29 is 14.2 Å². The average Bonchev–Trinajstić information content (AvgIpc) is 3.10. The summed E-state index contributed by atoms with van der Waals surface area (Å²) in [5.41, 5.74) is 5.73. The maximum atomic E-state index is 5.52. The zero-order chi connectivity index (χ0) is 17.1. The second-order valence-corrected chi connectivity index (χ2v) is 5.45. The van der Waals surface area contributed by atoms with Gasteiger partial charge in [-0.3, -0.25) is 10.4 Å². The highest BCUT2D eigenvalue weighted by Gasteiger charge is 2.12. The first-order chi connectivity index (χ1) is 12.3. The Labute approximate surface area is 145 Å². The molecule has 0 bridgehead atoms. The molecule has 0 amide bonds. The molecule has 0 aliphatic carbocycles. The van der Waals surface area contributed by atoms with Crippen LogP contribution in [0.25, 0.3) is 10.9 Å². The van der Waals surface area contributed by atoms with Gasteiger partial charge in [-0.2, -0.15) is 5.10 Å². The summed E-state index contributed by atoms with van der Waals surface area (Å²) < 4.78 is 16.2. The summed E-state index contributed by atoms with van der Waals surface area (Å²) in [6, 6.07) is 13.4. The predicted molar refractivity (Wildman–Crippen MR) is 96.7 cm³/mol. The van der Waals surface area contributed by atoms with Crippen LogP contribution < -0.4 is 19.6 Å². The van der Waals surface area contributed by atoms with E-state index >= 15 is 0 Å². The number of hydrogen-bond acceptors (Lipinski definition) is 6. The van der Waals surface area contributed by atoms with E-state index < -0.39 is 0 Å². The number of benzene rings is 2. The van der Waals surface area contributed by atoms with Gasteiger partial charge in [-0.15, -0.1) is 0 Å². The number of hydrazone groups is 1. The fraction of sp³-hybridized carbons (Fsp3) is 0.158. The number of pyridine rings is 1. The molecule has 0 spiro atoms. The molecule has 126 valence electrons. The van der Waals surface area contributed by atoms with Crippen LogP contribution in [-0.2, 0) is 0 Å². The van der Waals surface area contributed by atoms with Crippen LogP contribution in [0.15, 0.2) is 53.8 Å². The Bertz CT molecular complexity index is 940. The highest BCUT2D eigenvalue weighted by atomic mass is 16.7. The Hall–Kier alpha value is -3.28. The number of nitrogens with zero attached hydrogens (tertiary/aromatic N) is 2. The van der Waals surface area contributed by atoms with Crippen molar-refractivity contribution in [1.82, 2.24) is 4.98 Å². The summed E-state index contributed by atoms with van der Waals surface area (Å²) in [5, 5.41) is 5.30. The van der Waals surface area contributed by atoms with Crippen LogP contribution in [0.5, 0.6) is 17.2 Å². The van der Waals surface area contributed by atoms with Crippen molar-refractivity contribution in [2.24, 2.45) is 5.10 Å². The zero-order valence-electron chi connectivity index (χ0n) is 13.7. The lowest BCUT2D eigenvalue weighted by atomic mass is 10.2. The van der Waals surface area contributed by atoms with Crippen LogP contribution in [0, 0.1) is 0 Å². The summed E-state index contributed by atoms with van der Waals surface area (Å²) in [4.78, 5) is 4.39. The van der Waals surface area contributed by atoms with Gasteiger partial charge in [-0.1, -0.05) is 0 Å². The Morgan fingerprint density at radius 3 is 3.00 bits per heavy atom. The third-order valence-corrected chi connectivity index (χ3v) is 3.82. The first kappa shape index (κ1) is 15.3. The molecular weight excluding hydrogens is 318 g/mol. The lowest BCUT2D eigenvalue weighted by Crippen LogP contribution is -1.95. The lowest BCUT2D eigenvalue weighted by molar-refractivity contribution is 0.174. The highest BCUT2D eigenvalue weighted by Crippen LogP contribution is 2.32. The Morgan fingerprint density at radius 2 is 2.08 bits per heavy atom. The highest BCUT2D eigenvalue weighted by molar-refractivity contribution is 5.92. The van der Waals surface area contributed by atoms with E-state index in [0.29, 0.717) is 6.61 Å². The number of nitrogens with one attached hydrogen (secondary N) is 1. The van der Waals surface area contributed by atoms with Crippen molar-refractivity contribution in [1.29, 1.82) is 0 Å². The van der Waals surface area contributed by atoms with Gasteiger partial charge < -0.3 is 14.2 Å². The minimum absolute atomic E-state index is 0.265. The third-order valence-electron chi connectivity index (χ3n) is 3.82. The molecule has 0 unspecified atom stereocenters. The molecule has 0 atom stereocenters. The molecule has 3 aromatic rings. The maximum absolute atomic E-state index is 5.52. The monoisotopic (exact) mass is 335 g/mol. The number of rotatable bonds is 5. The van der Waals surface area contributed by atoms with Crippen molar-refractivity contribution in [2.75, 3.05) is 18.8 Å². The quantitative estimate of drug-likeness (QED) is 0.567. The second kappa shape index (κ2) is 6.68. The summed E-state index contributed by atoms with van der Waals surface area (Å²) in [6.07, 6.45) is 3.49. The van der Waals surface area contributed by atoms with Crippen molar-refractivity contribution >= 4 is 22.8 Å². The van der Waals surface area contributed by atoms with E-state index in [1.54, 1.807) is 12.4 Å². The standard InChI is InChI=1S/C19H17N3O3/c1-2-23-14-4-5-15-16(7-8-20-17(15)10-14)22-21-11-13-3-6-18-19(9-13)25-12-24-18/h3-11H,2,12H2,1H3,(H,20,22)/b21-11+. The van der Waals surface area contributed by atoms with E-state index in [4.69, 9.17) is 14.2 Å². The molecule has 0 saturated heterocycles. The molecule has 6 nitrogen and oxygen atoms in total. The van der Waals surface area contributed by atoms with E-state index in [1.807, 2.05) is 49.4 Å². The van der Waals surface area contributed by atoms with Crippen LogP contribution in [-0.4, -0.2) is 24.6 Å². The van der Waals surface area contributed by atoms with Crippen molar-refractivity contribution in [3.63, 3.8) is 0 Å². The molecule has 1 aromatic heterocycles. The topological polar surface area (TPSA) is 65.0 Å². The van der Waals surface area contributed by atoms with E-state index in [-0.39, 0.29) is 6.79 Å². The largest absolute Gasteiger partial charge is 0.494 e. The van der Waals surface area contributed by atoms with Crippen molar-refractivity contribution in [2.45, 2.75) is 6.92 Å². The first-order valence-corrected chi connectivity index (χ1v) is 8.04. The van der Waals surface area contributed by atoms with Crippen LogP contribution in [0.3, 0.4) is 0 Å². The summed E-state index contributed by atoms with van der Waals surface area (Å²) in [7, 11) is 0. The summed E-state index contributed by atoms with van der Waals surface area (Å²) >= 11 is 0. The molecule has 1 aliphatic rings. The Kier molecular flexibility index (Phi) is 4.08. The van der Waals surface area contributed by atoms with Gasteiger partial charge in [0, 0.05) is 17.6 Å². The van der Waals surface area contributed by atoms with Gasteiger partial charge in [0.05, 0.1) is 24.0 Å². The number of ether oxygens (including phenoxy) is 3. The van der Waals surface area contributed by atoms with Gasteiger partial charge in [0.1, 0.15) is 5.75 Å². The summed E-state index contributed by atoms with van der Waals surface area (Å²) in [5.74, 6) is 2.31. The molecular formula is C19H17N3O3. The SMILES string of the molecule is CCOc1ccc2c(N/N=C/c3ccc4c(c3)OCO4)ccnc2c1. The van der Waals surface area contributed by atoms with Gasteiger partial charge >= 0.3 is 0 Å².